The third-order valence-electron chi connectivity index (χ3n) is 2.54. The molecule has 1 unspecified atom stereocenters. The van der Waals surface area contributed by atoms with Gasteiger partial charge in [-0.2, -0.15) is 0 Å². The monoisotopic (exact) mass is 249 g/mol. The molecule has 0 saturated carbocycles. The van der Waals surface area contributed by atoms with E-state index in [9.17, 15) is 4.79 Å². The van der Waals surface area contributed by atoms with Crippen LogP contribution >= 0.6 is 11.3 Å². The minimum atomic E-state index is -0.275. The van der Waals surface area contributed by atoms with Crippen molar-refractivity contribution in [1.29, 1.82) is 0 Å². The fraction of sp³-hybridized carbons (Fsp3) is 0.333. The predicted molar refractivity (Wildman–Crippen MR) is 71.4 cm³/mol. The van der Waals surface area contributed by atoms with Crippen molar-refractivity contribution < 1.29 is 4.79 Å². The van der Waals surface area contributed by atoms with Crippen LogP contribution in [0, 0.1) is 0 Å². The summed E-state index contributed by atoms with van der Waals surface area (Å²) >= 11 is 1.67. The highest BCUT2D eigenvalue weighted by atomic mass is 32.1. The number of hydrogen-bond acceptors (Lipinski definition) is 4. The van der Waals surface area contributed by atoms with Crippen LogP contribution in [-0.2, 0) is 4.79 Å². The van der Waals surface area contributed by atoms with E-state index in [1.165, 1.54) is 4.70 Å². The minimum absolute atomic E-state index is 0.0408. The highest BCUT2D eigenvalue weighted by molar-refractivity contribution is 7.17. The fourth-order valence-electron chi connectivity index (χ4n) is 1.66. The molecule has 0 aromatic carbocycles. The summed E-state index contributed by atoms with van der Waals surface area (Å²) in [7, 11) is 3.50. The van der Waals surface area contributed by atoms with Gasteiger partial charge in [0, 0.05) is 30.4 Å². The second-order valence-electron chi connectivity index (χ2n) is 4.09. The molecule has 0 bridgehead atoms. The van der Waals surface area contributed by atoms with Gasteiger partial charge in [0.25, 0.3) is 0 Å². The Kier molecular flexibility index (Phi) is 3.28. The molecule has 5 heteroatoms. The van der Waals surface area contributed by atoms with Crippen molar-refractivity contribution in [2.45, 2.75) is 13.0 Å². The molecular weight excluding hydrogens is 234 g/mol. The summed E-state index contributed by atoms with van der Waals surface area (Å²) in [5.41, 5.74) is 0. The summed E-state index contributed by atoms with van der Waals surface area (Å²) in [5, 5.41) is 6.25. The average Bonchev–Trinajstić information content (AvgIpc) is 2.76. The van der Waals surface area contributed by atoms with Gasteiger partial charge in [0.2, 0.25) is 5.91 Å². The first-order chi connectivity index (χ1) is 8.09. The van der Waals surface area contributed by atoms with Gasteiger partial charge in [-0.1, -0.05) is 0 Å². The average molecular weight is 249 g/mol. The lowest BCUT2D eigenvalue weighted by molar-refractivity contribution is -0.129. The van der Waals surface area contributed by atoms with E-state index >= 15 is 0 Å². The number of pyridine rings is 1. The van der Waals surface area contributed by atoms with Crippen molar-refractivity contribution >= 4 is 33.1 Å². The highest BCUT2D eigenvalue weighted by Crippen LogP contribution is 2.26. The molecule has 1 atom stereocenters. The minimum Gasteiger partial charge on any atom is -0.358 e. The van der Waals surface area contributed by atoms with E-state index in [2.05, 4.69) is 10.3 Å². The molecule has 4 nitrogen and oxygen atoms in total. The van der Waals surface area contributed by atoms with Gasteiger partial charge in [0.1, 0.15) is 11.9 Å². The van der Waals surface area contributed by atoms with Crippen molar-refractivity contribution in [3.05, 3.63) is 23.7 Å². The lowest BCUT2D eigenvalue weighted by atomic mass is 10.2. The summed E-state index contributed by atoms with van der Waals surface area (Å²) < 4.78 is 1.17. The SMILES string of the molecule is CC(Nc1nccc2sccc12)C(=O)N(C)C. The molecule has 0 aliphatic rings. The summed E-state index contributed by atoms with van der Waals surface area (Å²) in [6.07, 6.45) is 1.76. The van der Waals surface area contributed by atoms with Crippen molar-refractivity contribution in [2.75, 3.05) is 19.4 Å². The molecular formula is C12H15N3OS. The van der Waals surface area contributed by atoms with Gasteiger partial charge in [-0.25, -0.2) is 4.98 Å². The Morgan fingerprint density at radius 3 is 2.94 bits per heavy atom. The maximum absolute atomic E-state index is 11.8. The smallest absolute Gasteiger partial charge is 0.244 e. The number of anilines is 1. The van der Waals surface area contributed by atoms with Crippen molar-refractivity contribution in [1.82, 2.24) is 9.88 Å². The second kappa shape index (κ2) is 4.71. The van der Waals surface area contributed by atoms with Crippen LogP contribution in [0.3, 0.4) is 0 Å². The lowest BCUT2D eigenvalue weighted by Gasteiger charge is -2.18. The number of rotatable bonds is 3. The predicted octanol–water partition coefficient (Wildman–Crippen LogP) is 2.18. The number of likely N-dealkylation sites (N-methyl/N-ethyl adjacent to an activating group) is 1. The van der Waals surface area contributed by atoms with Gasteiger partial charge in [-0.15, -0.1) is 11.3 Å². The Bertz CT molecular complexity index is 535. The molecule has 0 spiro atoms. The Morgan fingerprint density at radius 2 is 2.24 bits per heavy atom. The first-order valence-electron chi connectivity index (χ1n) is 5.39. The van der Waals surface area contributed by atoms with Crippen LogP contribution in [0.5, 0.6) is 0 Å². The number of hydrogen-bond donors (Lipinski definition) is 1. The molecule has 17 heavy (non-hydrogen) atoms. The van der Waals surface area contributed by atoms with E-state index in [4.69, 9.17) is 0 Å². The molecule has 0 fully saturated rings. The Hall–Kier alpha value is -1.62. The van der Waals surface area contributed by atoms with Gasteiger partial charge < -0.3 is 10.2 Å². The van der Waals surface area contributed by atoms with E-state index in [1.54, 1.807) is 36.5 Å². The molecule has 1 amide bonds. The number of nitrogens with zero attached hydrogens (tertiary/aromatic N) is 2. The molecule has 0 radical (unpaired) electrons. The van der Waals surface area contributed by atoms with Crippen LogP contribution in [0.25, 0.3) is 10.1 Å². The van der Waals surface area contributed by atoms with Gasteiger partial charge >= 0.3 is 0 Å². The van der Waals surface area contributed by atoms with Crippen LogP contribution in [-0.4, -0.2) is 35.9 Å². The van der Waals surface area contributed by atoms with Crippen molar-refractivity contribution in [2.24, 2.45) is 0 Å². The lowest BCUT2D eigenvalue weighted by Crippen LogP contribution is -2.36. The van der Waals surface area contributed by atoms with Gasteiger partial charge in [-0.3, -0.25) is 4.79 Å². The first-order valence-corrected chi connectivity index (χ1v) is 6.27. The molecule has 2 aromatic rings. The second-order valence-corrected chi connectivity index (χ2v) is 5.04. The molecule has 90 valence electrons. The van der Waals surface area contributed by atoms with Gasteiger partial charge in [0.15, 0.2) is 0 Å². The number of carbonyl (C=O) groups is 1. The summed E-state index contributed by atoms with van der Waals surface area (Å²) in [6, 6.07) is 3.72. The summed E-state index contributed by atoms with van der Waals surface area (Å²) in [6.45, 7) is 1.84. The van der Waals surface area contributed by atoms with Crippen LogP contribution in [0.4, 0.5) is 5.82 Å². The number of aromatic nitrogens is 1. The van der Waals surface area contributed by atoms with Crippen LogP contribution in [0.15, 0.2) is 23.7 Å². The summed E-state index contributed by atoms with van der Waals surface area (Å²) in [5.74, 6) is 0.811. The topological polar surface area (TPSA) is 45.2 Å². The zero-order valence-electron chi connectivity index (χ0n) is 10.1. The zero-order valence-corrected chi connectivity index (χ0v) is 10.9. The maximum atomic E-state index is 11.8. The fourth-order valence-corrected chi connectivity index (χ4v) is 2.45. The van der Waals surface area contributed by atoms with Crippen molar-refractivity contribution in [3.8, 4) is 0 Å². The Morgan fingerprint density at radius 1 is 1.47 bits per heavy atom. The largest absolute Gasteiger partial charge is 0.358 e. The van der Waals surface area contributed by atoms with Crippen LogP contribution in [0.2, 0.25) is 0 Å². The number of thiophene rings is 1. The first kappa shape index (κ1) is 11.9. The maximum Gasteiger partial charge on any atom is 0.244 e. The molecule has 0 saturated heterocycles. The number of amides is 1. The van der Waals surface area contributed by atoms with E-state index < -0.39 is 0 Å². The molecule has 2 heterocycles. The number of fused-ring (bicyclic) bond motifs is 1. The van der Waals surface area contributed by atoms with Crippen LogP contribution < -0.4 is 5.32 Å². The molecule has 2 aromatic heterocycles. The molecule has 1 N–H and O–H groups in total. The molecule has 2 rings (SSSR count). The van der Waals surface area contributed by atoms with Gasteiger partial charge in [-0.05, 0) is 24.4 Å². The van der Waals surface area contributed by atoms with E-state index in [0.717, 1.165) is 11.2 Å². The van der Waals surface area contributed by atoms with Gasteiger partial charge in [0.05, 0.1) is 0 Å². The van der Waals surface area contributed by atoms with E-state index in [-0.39, 0.29) is 11.9 Å². The standard InChI is InChI=1S/C12H15N3OS/c1-8(12(16)15(2)3)14-11-9-5-7-17-10(9)4-6-13-11/h4-8H,1-3H3,(H,13,14). The van der Waals surface area contributed by atoms with Crippen molar-refractivity contribution in [3.63, 3.8) is 0 Å². The quantitative estimate of drug-likeness (QED) is 0.907. The molecule has 0 aliphatic carbocycles. The Labute approximate surface area is 104 Å². The number of carbonyl (C=O) groups excluding carboxylic acids is 1. The van der Waals surface area contributed by atoms with E-state index in [1.807, 2.05) is 24.4 Å². The Balaban J connectivity index is 2.24. The number of nitrogens with one attached hydrogen (secondary N) is 1. The normalized spacial score (nSPS) is 12.4. The van der Waals surface area contributed by atoms with E-state index in [0.29, 0.717) is 0 Å². The molecule has 0 aliphatic heterocycles. The third kappa shape index (κ3) is 2.39. The summed E-state index contributed by atoms with van der Waals surface area (Å²) in [4.78, 5) is 17.6. The highest BCUT2D eigenvalue weighted by Gasteiger charge is 2.16. The van der Waals surface area contributed by atoms with Crippen LogP contribution in [0.1, 0.15) is 6.92 Å². The zero-order chi connectivity index (χ0) is 12.4. The third-order valence-corrected chi connectivity index (χ3v) is 3.43.